The van der Waals surface area contributed by atoms with Crippen LogP contribution in [0.4, 0.5) is 21.0 Å². The van der Waals surface area contributed by atoms with Crippen LogP contribution in [-0.2, 0) is 14.2 Å². The Morgan fingerprint density at radius 2 is 1.52 bits per heavy atom. The largest absolute Gasteiger partial charge is 0.443 e. The predicted molar refractivity (Wildman–Crippen MR) is 117 cm³/mol. The molecule has 0 bridgehead atoms. The number of fused-ring (bicyclic) bond motifs is 1. The lowest BCUT2D eigenvalue weighted by Crippen LogP contribution is -2.44. The van der Waals surface area contributed by atoms with Crippen LogP contribution in [0.2, 0.25) is 0 Å². The van der Waals surface area contributed by atoms with Gasteiger partial charge < -0.3 is 19.1 Å². The smallest absolute Gasteiger partial charge is 0.424 e. The Morgan fingerprint density at radius 1 is 1.00 bits per heavy atom. The van der Waals surface area contributed by atoms with Crippen molar-refractivity contribution in [2.24, 2.45) is 0 Å². The van der Waals surface area contributed by atoms with Crippen molar-refractivity contribution in [3.63, 3.8) is 0 Å². The molecule has 1 saturated heterocycles. The standard InChI is InChI=1S/C20H27BrN4O6/c1-19(2,3)29-17(26)25(18(27)30-20(4,5)6)13-11-12(21)16(15-14(13)22-31-23-15)24-7-9-28-10-8-24/h11H,7-10H2,1-6H3. The minimum Gasteiger partial charge on any atom is -0.443 e. The lowest BCUT2D eigenvalue weighted by molar-refractivity contribution is 0.0431. The van der Waals surface area contributed by atoms with Crippen molar-refractivity contribution >= 4 is 50.5 Å². The van der Waals surface area contributed by atoms with Crippen LogP contribution in [0.1, 0.15) is 41.5 Å². The maximum atomic E-state index is 13.0. The van der Waals surface area contributed by atoms with Crippen molar-refractivity contribution in [2.45, 2.75) is 52.7 Å². The average molecular weight is 499 g/mol. The maximum absolute atomic E-state index is 13.0. The third kappa shape index (κ3) is 5.45. The second-order valence-electron chi connectivity index (χ2n) is 9.08. The molecule has 31 heavy (non-hydrogen) atoms. The SMILES string of the molecule is CC(C)(C)OC(=O)N(C(=O)OC(C)(C)C)c1cc(Br)c(N2CCOCC2)c2nonc12. The summed E-state index contributed by atoms with van der Waals surface area (Å²) in [5.74, 6) is 0. The number of morpholine rings is 1. The maximum Gasteiger partial charge on any atom is 0.424 e. The van der Waals surface area contributed by atoms with Crippen molar-refractivity contribution in [1.82, 2.24) is 10.3 Å². The Balaban J connectivity index is 2.12. The first-order chi connectivity index (χ1) is 14.4. The van der Waals surface area contributed by atoms with Crippen LogP contribution < -0.4 is 9.80 Å². The van der Waals surface area contributed by atoms with E-state index < -0.39 is 23.4 Å². The molecule has 2 aromatic rings. The minimum absolute atomic E-state index is 0.142. The Morgan fingerprint density at radius 3 is 2.03 bits per heavy atom. The molecule has 0 aliphatic carbocycles. The van der Waals surface area contributed by atoms with E-state index in [1.54, 1.807) is 47.6 Å². The van der Waals surface area contributed by atoms with Gasteiger partial charge in [0.15, 0.2) is 11.0 Å². The molecule has 0 N–H and O–H groups in total. The van der Waals surface area contributed by atoms with Crippen LogP contribution in [0.5, 0.6) is 0 Å². The molecule has 0 atom stereocenters. The van der Waals surface area contributed by atoms with Crippen LogP contribution in [-0.4, -0.2) is 60.0 Å². The van der Waals surface area contributed by atoms with Crippen LogP contribution >= 0.6 is 15.9 Å². The number of aromatic nitrogens is 2. The van der Waals surface area contributed by atoms with Gasteiger partial charge in [-0.25, -0.2) is 14.2 Å². The van der Waals surface area contributed by atoms with E-state index in [2.05, 4.69) is 31.1 Å². The van der Waals surface area contributed by atoms with E-state index in [1.807, 2.05) is 0 Å². The van der Waals surface area contributed by atoms with E-state index in [0.29, 0.717) is 36.3 Å². The fraction of sp³-hybridized carbons (Fsp3) is 0.600. The molecule has 1 aliphatic heterocycles. The molecule has 1 aliphatic rings. The summed E-state index contributed by atoms with van der Waals surface area (Å²) >= 11 is 3.56. The highest BCUT2D eigenvalue weighted by atomic mass is 79.9. The number of anilines is 2. The van der Waals surface area contributed by atoms with Gasteiger partial charge in [0.2, 0.25) is 0 Å². The van der Waals surface area contributed by atoms with Gasteiger partial charge in [0.05, 0.1) is 24.6 Å². The number of carbonyl (C=O) groups excluding carboxylic acids is 2. The molecule has 1 fully saturated rings. The van der Waals surface area contributed by atoms with Gasteiger partial charge in [-0.1, -0.05) is 0 Å². The van der Waals surface area contributed by atoms with Crippen LogP contribution in [0.25, 0.3) is 11.0 Å². The van der Waals surface area contributed by atoms with Gasteiger partial charge in [-0.3, -0.25) is 0 Å². The summed E-state index contributed by atoms with van der Waals surface area (Å²) in [6, 6.07) is 1.62. The zero-order valence-electron chi connectivity index (χ0n) is 18.5. The summed E-state index contributed by atoms with van der Waals surface area (Å²) < 4.78 is 22.0. The van der Waals surface area contributed by atoms with E-state index in [-0.39, 0.29) is 11.2 Å². The van der Waals surface area contributed by atoms with Gasteiger partial charge in [0, 0.05) is 17.6 Å². The number of ether oxygens (including phenoxy) is 3. The molecule has 0 radical (unpaired) electrons. The molecule has 2 heterocycles. The molecule has 1 aromatic carbocycles. The van der Waals surface area contributed by atoms with Crippen LogP contribution in [0, 0.1) is 0 Å². The molecular formula is C20H27BrN4O6. The van der Waals surface area contributed by atoms with Gasteiger partial charge in [0.1, 0.15) is 11.2 Å². The Labute approximate surface area is 188 Å². The monoisotopic (exact) mass is 498 g/mol. The number of halogens is 1. The van der Waals surface area contributed by atoms with Gasteiger partial charge >= 0.3 is 12.2 Å². The van der Waals surface area contributed by atoms with Gasteiger partial charge in [-0.05, 0) is 73.9 Å². The summed E-state index contributed by atoms with van der Waals surface area (Å²) in [7, 11) is 0. The molecule has 3 rings (SSSR count). The summed E-state index contributed by atoms with van der Waals surface area (Å²) in [6.45, 7) is 12.7. The number of carbonyl (C=O) groups is 2. The molecule has 11 heteroatoms. The Hall–Kier alpha value is -2.40. The first-order valence-electron chi connectivity index (χ1n) is 9.91. The Bertz CT molecular complexity index is 944. The van der Waals surface area contributed by atoms with Crippen molar-refractivity contribution in [2.75, 3.05) is 36.1 Å². The van der Waals surface area contributed by atoms with E-state index in [1.165, 1.54) is 0 Å². The quantitative estimate of drug-likeness (QED) is 0.590. The third-order valence-corrected chi connectivity index (χ3v) is 4.77. The highest BCUT2D eigenvalue weighted by Crippen LogP contribution is 2.40. The number of benzene rings is 1. The predicted octanol–water partition coefficient (Wildman–Crippen LogP) is 4.50. The molecule has 2 amide bonds. The number of hydrogen-bond acceptors (Lipinski definition) is 9. The first-order valence-corrected chi connectivity index (χ1v) is 10.7. The number of imide groups is 1. The fourth-order valence-corrected chi connectivity index (χ4v) is 3.68. The van der Waals surface area contributed by atoms with Crippen LogP contribution in [0.3, 0.4) is 0 Å². The van der Waals surface area contributed by atoms with E-state index >= 15 is 0 Å². The van der Waals surface area contributed by atoms with Gasteiger partial charge in [-0.15, -0.1) is 0 Å². The highest BCUT2D eigenvalue weighted by molar-refractivity contribution is 9.10. The number of rotatable bonds is 2. The van der Waals surface area contributed by atoms with Crippen LogP contribution in [0.15, 0.2) is 15.2 Å². The normalized spacial score (nSPS) is 15.1. The second kappa shape index (κ2) is 8.62. The van der Waals surface area contributed by atoms with Crippen molar-refractivity contribution in [3.05, 3.63) is 10.5 Å². The molecule has 1 aromatic heterocycles. The number of nitrogens with zero attached hydrogens (tertiary/aromatic N) is 4. The summed E-state index contributed by atoms with van der Waals surface area (Å²) in [4.78, 5) is 29.0. The number of hydrogen-bond donors (Lipinski definition) is 0. The highest BCUT2D eigenvalue weighted by Gasteiger charge is 2.36. The van der Waals surface area contributed by atoms with Crippen molar-refractivity contribution < 1.29 is 28.4 Å². The van der Waals surface area contributed by atoms with E-state index in [9.17, 15) is 9.59 Å². The van der Waals surface area contributed by atoms with E-state index in [0.717, 1.165) is 10.6 Å². The van der Waals surface area contributed by atoms with Crippen molar-refractivity contribution in [1.29, 1.82) is 0 Å². The molecule has 0 unspecified atom stereocenters. The zero-order chi connectivity index (χ0) is 23.0. The summed E-state index contributed by atoms with van der Waals surface area (Å²) in [5.41, 5.74) is -0.127. The van der Waals surface area contributed by atoms with Gasteiger partial charge in [0.25, 0.3) is 0 Å². The second-order valence-corrected chi connectivity index (χ2v) is 9.94. The summed E-state index contributed by atoms with van der Waals surface area (Å²) in [5, 5.41) is 8.01. The first kappa shape index (κ1) is 23.3. The lowest BCUT2D eigenvalue weighted by atomic mass is 10.2. The van der Waals surface area contributed by atoms with Gasteiger partial charge in [-0.2, -0.15) is 4.90 Å². The number of amides is 2. The zero-order valence-corrected chi connectivity index (χ0v) is 20.1. The summed E-state index contributed by atoms with van der Waals surface area (Å²) in [6.07, 6.45) is -1.78. The molecular weight excluding hydrogens is 472 g/mol. The van der Waals surface area contributed by atoms with E-state index in [4.69, 9.17) is 18.8 Å². The Kier molecular flexibility index (Phi) is 6.47. The fourth-order valence-electron chi connectivity index (χ4n) is 3.03. The third-order valence-electron chi connectivity index (χ3n) is 4.17. The molecule has 170 valence electrons. The van der Waals surface area contributed by atoms with Crippen molar-refractivity contribution in [3.8, 4) is 0 Å². The molecule has 0 saturated carbocycles. The molecule has 10 nitrogen and oxygen atoms in total. The lowest BCUT2D eigenvalue weighted by Gasteiger charge is -2.31. The topological polar surface area (TPSA) is 107 Å². The average Bonchev–Trinajstić information content (AvgIpc) is 3.09. The minimum atomic E-state index is -0.892. The molecule has 0 spiro atoms.